The third kappa shape index (κ3) is 2.78. The molecule has 0 saturated carbocycles. The zero-order chi connectivity index (χ0) is 8.85. The number of hydrogen-bond acceptors (Lipinski definition) is 3. The van der Waals surface area contributed by atoms with Gasteiger partial charge in [0.05, 0.1) is 11.3 Å². The standard InChI is InChI=1S/C7H9NO3/c1-3-6(7(10)11)5(2)8-4-9/h3H2,1-2H3,(H,10,11). The van der Waals surface area contributed by atoms with E-state index in [1.165, 1.54) is 13.0 Å². The lowest BCUT2D eigenvalue weighted by molar-refractivity contribution is -0.132. The highest BCUT2D eigenvalue weighted by Gasteiger charge is 2.07. The number of carbonyl (C=O) groups excluding carboxylic acids is 1. The van der Waals surface area contributed by atoms with Gasteiger partial charge in [-0.3, -0.25) is 0 Å². The number of aliphatic carboxylic acids is 1. The Hall–Kier alpha value is -1.41. The summed E-state index contributed by atoms with van der Waals surface area (Å²) in [5.74, 6) is -1.04. The quantitative estimate of drug-likeness (QED) is 0.377. The Balaban J connectivity index is 4.82. The average Bonchev–Trinajstić information content (AvgIpc) is 1.88. The first-order valence-corrected chi connectivity index (χ1v) is 3.14. The molecule has 0 saturated heterocycles. The molecule has 0 radical (unpaired) electrons. The van der Waals surface area contributed by atoms with E-state index in [2.05, 4.69) is 4.99 Å². The number of aliphatic imine (C=N–C) groups is 1. The van der Waals surface area contributed by atoms with Crippen molar-refractivity contribution in [2.75, 3.05) is 0 Å². The number of nitrogens with zero attached hydrogens (tertiary/aromatic N) is 1. The van der Waals surface area contributed by atoms with Crippen LogP contribution in [-0.2, 0) is 9.59 Å². The van der Waals surface area contributed by atoms with Gasteiger partial charge in [0, 0.05) is 0 Å². The van der Waals surface area contributed by atoms with Crippen LogP contribution in [0.1, 0.15) is 20.3 Å². The van der Waals surface area contributed by atoms with Crippen molar-refractivity contribution >= 4 is 12.0 Å². The minimum atomic E-state index is -1.04. The number of hydrogen-bond donors (Lipinski definition) is 1. The second kappa shape index (κ2) is 4.41. The van der Waals surface area contributed by atoms with Crippen molar-refractivity contribution in [3.63, 3.8) is 0 Å². The van der Waals surface area contributed by atoms with Gasteiger partial charge in [0.1, 0.15) is 0 Å². The number of rotatable bonds is 3. The Morgan fingerprint density at radius 2 is 2.18 bits per heavy atom. The summed E-state index contributed by atoms with van der Waals surface area (Å²) in [7, 11) is 0. The molecule has 0 aliphatic heterocycles. The maximum Gasteiger partial charge on any atom is 0.333 e. The van der Waals surface area contributed by atoms with Crippen LogP contribution in [0.4, 0.5) is 0 Å². The first-order chi connectivity index (χ1) is 5.13. The van der Waals surface area contributed by atoms with Gasteiger partial charge in [0.2, 0.25) is 6.08 Å². The van der Waals surface area contributed by atoms with Gasteiger partial charge >= 0.3 is 5.97 Å². The molecule has 0 aromatic rings. The predicted molar refractivity (Wildman–Crippen MR) is 38.7 cm³/mol. The molecule has 0 aromatic heterocycles. The molecule has 0 atom stereocenters. The van der Waals surface area contributed by atoms with Crippen LogP contribution in [0, 0.1) is 0 Å². The van der Waals surface area contributed by atoms with E-state index in [-0.39, 0.29) is 11.3 Å². The minimum Gasteiger partial charge on any atom is -0.478 e. The topological polar surface area (TPSA) is 66.7 Å². The molecule has 60 valence electrons. The number of allylic oxidation sites excluding steroid dienone is 1. The van der Waals surface area contributed by atoms with Crippen LogP contribution in [0.3, 0.4) is 0 Å². The van der Waals surface area contributed by atoms with E-state index >= 15 is 0 Å². The first-order valence-electron chi connectivity index (χ1n) is 3.14. The van der Waals surface area contributed by atoms with Gasteiger partial charge in [-0.05, 0) is 13.3 Å². The van der Waals surface area contributed by atoms with Crippen molar-refractivity contribution in [3.8, 4) is 0 Å². The van der Waals surface area contributed by atoms with Gasteiger partial charge in [0.25, 0.3) is 0 Å². The van der Waals surface area contributed by atoms with Crippen LogP contribution in [0.15, 0.2) is 16.3 Å². The van der Waals surface area contributed by atoms with E-state index in [1.54, 1.807) is 6.92 Å². The molecule has 0 rings (SSSR count). The monoisotopic (exact) mass is 155 g/mol. The normalized spacial score (nSPS) is 11.5. The van der Waals surface area contributed by atoms with E-state index in [0.29, 0.717) is 6.42 Å². The molecular weight excluding hydrogens is 146 g/mol. The maximum atomic E-state index is 10.4. The van der Waals surface area contributed by atoms with Crippen molar-refractivity contribution in [2.24, 2.45) is 4.99 Å². The molecule has 0 aliphatic rings. The summed E-state index contributed by atoms with van der Waals surface area (Å²) in [6.45, 7) is 3.16. The second-order valence-electron chi connectivity index (χ2n) is 1.93. The summed E-state index contributed by atoms with van der Waals surface area (Å²) >= 11 is 0. The summed E-state index contributed by atoms with van der Waals surface area (Å²) in [4.78, 5) is 23.3. The van der Waals surface area contributed by atoms with Crippen molar-refractivity contribution in [2.45, 2.75) is 20.3 Å². The Bertz CT molecular complexity index is 236. The highest BCUT2D eigenvalue weighted by atomic mass is 16.4. The van der Waals surface area contributed by atoms with Gasteiger partial charge in [-0.1, -0.05) is 6.92 Å². The molecule has 0 bridgehead atoms. The Labute approximate surface area is 64.3 Å². The van der Waals surface area contributed by atoms with Gasteiger partial charge in [-0.15, -0.1) is 0 Å². The maximum absolute atomic E-state index is 10.4. The summed E-state index contributed by atoms with van der Waals surface area (Å²) in [5, 5.41) is 8.52. The predicted octanol–water partition coefficient (Wildman–Crippen LogP) is 1.09. The first kappa shape index (κ1) is 9.59. The van der Waals surface area contributed by atoms with Crippen LogP contribution in [0.2, 0.25) is 0 Å². The molecule has 0 fully saturated rings. The highest BCUT2D eigenvalue weighted by Crippen LogP contribution is 2.08. The molecular formula is C7H9NO3. The number of carbonyl (C=O) groups is 1. The molecule has 0 aliphatic carbocycles. The van der Waals surface area contributed by atoms with Crippen LogP contribution in [-0.4, -0.2) is 17.2 Å². The van der Waals surface area contributed by atoms with E-state index < -0.39 is 5.97 Å². The van der Waals surface area contributed by atoms with Crippen molar-refractivity contribution < 1.29 is 14.7 Å². The second-order valence-corrected chi connectivity index (χ2v) is 1.93. The SMILES string of the molecule is CCC(C(=O)O)=C(C)N=C=O. The van der Waals surface area contributed by atoms with Crippen molar-refractivity contribution in [3.05, 3.63) is 11.3 Å². The van der Waals surface area contributed by atoms with Crippen molar-refractivity contribution in [1.82, 2.24) is 0 Å². The Morgan fingerprint density at radius 1 is 1.64 bits per heavy atom. The molecule has 0 aromatic carbocycles. The highest BCUT2D eigenvalue weighted by molar-refractivity contribution is 5.87. The molecule has 4 heteroatoms. The smallest absolute Gasteiger partial charge is 0.333 e. The Morgan fingerprint density at radius 3 is 2.45 bits per heavy atom. The van der Waals surface area contributed by atoms with Gasteiger partial charge in [-0.25, -0.2) is 9.59 Å². The van der Waals surface area contributed by atoms with Crippen LogP contribution in [0.5, 0.6) is 0 Å². The summed E-state index contributed by atoms with van der Waals surface area (Å²) in [6.07, 6.45) is 1.64. The largest absolute Gasteiger partial charge is 0.478 e. The lowest BCUT2D eigenvalue weighted by Crippen LogP contribution is -2.01. The van der Waals surface area contributed by atoms with E-state index in [1.807, 2.05) is 0 Å². The molecule has 0 heterocycles. The van der Waals surface area contributed by atoms with Crippen LogP contribution >= 0.6 is 0 Å². The van der Waals surface area contributed by atoms with E-state index in [9.17, 15) is 9.59 Å². The zero-order valence-electron chi connectivity index (χ0n) is 6.42. The van der Waals surface area contributed by atoms with Crippen molar-refractivity contribution in [1.29, 1.82) is 0 Å². The minimum absolute atomic E-state index is 0.147. The third-order valence-electron chi connectivity index (χ3n) is 1.26. The lowest BCUT2D eigenvalue weighted by atomic mass is 10.2. The molecule has 11 heavy (non-hydrogen) atoms. The fourth-order valence-electron chi connectivity index (χ4n) is 0.698. The summed E-state index contributed by atoms with van der Waals surface area (Å²) < 4.78 is 0. The molecule has 0 unspecified atom stereocenters. The molecule has 0 amide bonds. The molecule has 0 spiro atoms. The average molecular weight is 155 g/mol. The summed E-state index contributed by atoms with van der Waals surface area (Å²) in [6, 6.07) is 0. The zero-order valence-corrected chi connectivity index (χ0v) is 6.42. The molecule has 1 N–H and O–H groups in total. The molecule has 4 nitrogen and oxygen atoms in total. The van der Waals surface area contributed by atoms with Gasteiger partial charge < -0.3 is 5.11 Å². The third-order valence-corrected chi connectivity index (χ3v) is 1.26. The number of isocyanates is 1. The van der Waals surface area contributed by atoms with E-state index in [0.717, 1.165) is 0 Å². The fraction of sp³-hybridized carbons (Fsp3) is 0.429. The summed E-state index contributed by atoms with van der Waals surface area (Å²) in [5.41, 5.74) is 0.364. The number of carboxylic acids is 1. The van der Waals surface area contributed by atoms with E-state index in [4.69, 9.17) is 5.11 Å². The lowest BCUT2D eigenvalue weighted by Gasteiger charge is -1.97. The fourth-order valence-corrected chi connectivity index (χ4v) is 0.698. The Kier molecular flexibility index (Phi) is 3.85. The van der Waals surface area contributed by atoms with Gasteiger partial charge in [-0.2, -0.15) is 4.99 Å². The van der Waals surface area contributed by atoms with Crippen LogP contribution in [0.25, 0.3) is 0 Å². The van der Waals surface area contributed by atoms with Crippen LogP contribution < -0.4 is 0 Å². The van der Waals surface area contributed by atoms with Gasteiger partial charge in [0.15, 0.2) is 0 Å². The number of carboxylic acid groups (broad SMARTS) is 1.